The Morgan fingerprint density at radius 3 is 2.61 bits per heavy atom. The lowest BCUT2D eigenvalue weighted by Gasteiger charge is -2.27. The first-order valence-corrected chi connectivity index (χ1v) is 10.4. The van der Waals surface area contributed by atoms with Gasteiger partial charge in [0.2, 0.25) is 6.10 Å². The van der Waals surface area contributed by atoms with E-state index in [9.17, 15) is 9.59 Å². The van der Waals surface area contributed by atoms with E-state index in [2.05, 4.69) is 5.32 Å². The van der Waals surface area contributed by atoms with Gasteiger partial charge in [-0.3, -0.25) is 9.59 Å². The summed E-state index contributed by atoms with van der Waals surface area (Å²) in [6.45, 7) is 3.60. The van der Waals surface area contributed by atoms with Crippen LogP contribution in [0.5, 0.6) is 11.5 Å². The molecule has 1 N–H and O–H groups in total. The second-order valence-corrected chi connectivity index (χ2v) is 8.01. The van der Waals surface area contributed by atoms with Gasteiger partial charge in [0.25, 0.3) is 11.8 Å². The van der Waals surface area contributed by atoms with Gasteiger partial charge in [0.05, 0.1) is 0 Å². The number of carbonyl (C=O) groups excluding carboxylic acids is 2. The Hall–Kier alpha value is -2.67. The normalized spacial score (nSPS) is 18.5. The Morgan fingerprint density at radius 2 is 1.86 bits per heavy atom. The third kappa shape index (κ3) is 3.94. The monoisotopic (exact) mass is 398 g/mol. The molecule has 1 unspecified atom stereocenters. The van der Waals surface area contributed by atoms with E-state index < -0.39 is 6.10 Å². The van der Waals surface area contributed by atoms with Gasteiger partial charge in [-0.15, -0.1) is 0 Å². The Labute approximate surface area is 168 Å². The molecule has 2 aliphatic rings. The van der Waals surface area contributed by atoms with Crippen molar-refractivity contribution in [1.82, 2.24) is 4.90 Å². The van der Waals surface area contributed by atoms with Crippen LogP contribution in [0.15, 0.2) is 42.5 Å². The SMILES string of the molecule is Cc1cc(C(=O)N2CCSCC2)ccc1NC(=O)C1COc2ccccc2O1. The van der Waals surface area contributed by atoms with Gasteiger partial charge in [-0.2, -0.15) is 11.8 Å². The van der Waals surface area contributed by atoms with Gasteiger partial charge in [0, 0.05) is 35.8 Å². The Morgan fingerprint density at radius 1 is 1.11 bits per heavy atom. The molecule has 0 saturated carbocycles. The number of ether oxygens (including phenoxy) is 2. The van der Waals surface area contributed by atoms with Crippen molar-refractivity contribution in [2.45, 2.75) is 13.0 Å². The molecule has 2 aromatic carbocycles. The summed E-state index contributed by atoms with van der Waals surface area (Å²) in [5.74, 6) is 2.93. The zero-order valence-electron chi connectivity index (χ0n) is 15.6. The number of nitrogens with zero attached hydrogens (tertiary/aromatic N) is 1. The fourth-order valence-electron chi connectivity index (χ4n) is 3.25. The maximum absolute atomic E-state index is 12.6. The molecule has 1 atom stereocenters. The second kappa shape index (κ2) is 8.14. The quantitative estimate of drug-likeness (QED) is 0.861. The number of fused-ring (bicyclic) bond motifs is 1. The predicted molar refractivity (Wildman–Crippen MR) is 109 cm³/mol. The van der Waals surface area contributed by atoms with E-state index in [1.54, 1.807) is 18.2 Å². The summed E-state index contributed by atoms with van der Waals surface area (Å²) < 4.78 is 11.4. The zero-order valence-corrected chi connectivity index (χ0v) is 16.5. The van der Waals surface area contributed by atoms with Crippen molar-refractivity contribution in [3.05, 3.63) is 53.6 Å². The molecule has 2 aliphatic heterocycles. The van der Waals surface area contributed by atoms with E-state index in [1.165, 1.54) is 0 Å². The molecule has 6 nitrogen and oxygen atoms in total. The van der Waals surface area contributed by atoms with Gasteiger partial charge >= 0.3 is 0 Å². The lowest BCUT2D eigenvalue weighted by molar-refractivity contribution is -0.125. The van der Waals surface area contributed by atoms with Crippen molar-refractivity contribution in [2.24, 2.45) is 0 Å². The maximum atomic E-state index is 12.6. The van der Waals surface area contributed by atoms with Crippen molar-refractivity contribution in [3.8, 4) is 11.5 Å². The first kappa shape index (κ1) is 18.7. The summed E-state index contributed by atoms with van der Waals surface area (Å²) in [7, 11) is 0. The van der Waals surface area contributed by atoms with Crippen LogP contribution >= 0.6 is 11.8 Å². The highest BCUT2D eigenvalue weighted by molar-refractivity contribution is 7.99. The molecule has 2 heterocycles. The van der Waals surface area contributed by atoms with Crippen LogP contribution in [0.4, 0.5) is 5.69 Å². The molecule has 4 rings (SSSR count). The minimum absolute atomic E-state index is 0.0434. The largest absolute Gasteiger partial charge is 0.485 e. The number of nitrogens with one attached hydrogen (secondary N) is 1. The molecule has 7 heteroatoms. The minimum atomic E-state index is -0.721. The molecule has 0 aromatic heterocycles. The molecule has 2 aromatic rings. The number of thioether (sulfide) groups is 1. The summed E-state index contributed by atoms with van der Waals surface area (Å²) in [5, 5.41) is 2.88. The van der Waals surface area contributed by atoms with Crippen LogP contribution in [0, 0.1) is 6.92 Å². The highest BCUT2D eigenvalue weighted by atomic mass is 32.2. The number of hydrogen-bond acceptors (Lipinski definition) is 5. The molecule has 1 fully saturated rings. The number of anilines is 1. The van der Waals surface area contributed by atoms with Crippen LogP contribution in [-0.4, -0.2) is 54.0 Å². The molecule has 0 aliphatic carbocycles. The first-order valence-electron chi connectivity index (χ1n) is 9.29. The minimum Gasteiger partial charge on any atom is -0.485 e. The lowest BCUT2D eigenvalue weighted by atomic mass is 10.1. The second-order valence-electron chi connectivity index (χ2n) is 6.79. The number of benzene rings is 2. The van der Waals surface area contributed by atoms with Crippen molar-refractivity contribution in [2.75, 3.05) is 36.5 Å². The molecule has 2 amide bonds. The average molecular weight is 398 g/mol. The van der Waals surface area contributed by atoms with Crippen molar-refractivity contribution < 1.29 is 19.1 Å². The van der Waals surface area contributed by atoms with Crippen LogP contribution in [0.25, 0.3) is 0 Å². The number of hydrogen-bond donors (Lipinski definition) is 1. The van der Waals surface area contributed by atoms with Crippen LogP contribution in [0.2, 0.25) is 0 Å². The number of carbonyl (C=O) groups is 2. The Kier molecular flexibility index (Phi) is 5.43. The highest BCUT2D eigenvalue weighted by Crippen LogP contribution is 2.31. The third-order valence-corrected chi connectivity index (χ3v) is 5.77. The summed E-state index contributed by atoms with van der Waals surface area (Å²) >= 11 is 1.87. The molecule has 146 valence electrons. The van der Waals surface area contributed by atoms with Crippen LogP contribution in [0.3, 0.4) is 0 Å². The highest BCUT2D eigenvalue weighted by Gasteiger charge is 2.28. The Bertz CT molecular complexity index is 896. The van der Waals surface area contributed by atoms with E-state index >= 15 is 0 Å². The predicted octanol–water partition coefficient (Wildman–Crippen LogP) is 2.96. The van der Waals surface area contributed by atoms with E-state index in [4.69, 9.17) is 9.47 Å². The molecule has 1 saturated heterocycles. The molecule has 0 bridgehead atoms. The summed E-state index contributed by atoms with van der Waals surface area (Å²) in [6, 6.07) is 12.6. The van der Waals surface area contributed by atoms with Crippen molar-refractivity contribution in [3.63, 3.8) is 0 Å². The van der Waals surface area contributed by atoms with Crippen LogP contribution in [-0.2, 0) is 4.79 Å². The van der Waals surface area contributed by atoms with Gasteiger partial charge in [-0.1, -0.05) is 12.1 Å². The van der Waals surface area contributed by atoms with Crippen molar-refractivity contribution >= 4 is 29.3 Å². The Balaban J connectivity index is 1.42. The van der Waals surface area contributed by atoms with Crippen LogP contribution < -0.4 is 14.8 Å². The molecular formula is C21H22N2O4S. The standard InChI is InChI=1S/C21H22N2O4S/c1-14-12-15(21(25)23-8-10-28-11-9-23)6-7-16(14)22-20(24)19-13-26-17-4-2-3-5-18(17)27-19/h2-7,12,19H,8-11,13H2,1H3,(H,22,24). The van der Waals surface area contributed by atoms with E-state index in [1.807, 2.05) is 47.9 Å². The average Bonchev–Trinajstić information content (AvgIpc) is 2.74. The molecule has 28 heavy (non-hydrogen) atoms. The van der Waals surface area contributed by atoms with Gasteiger partial charge < -0.3 is 19.7 Å². The topological polar surface area (TPSA) is 67.9 Å². The number of aryl methyl sites for hydroxylation is 1. The van der Waals surface area contributed by atoms with Gasteiger partial charge in [0.15, 0.2) is 11.5 Å². The zero-order chi connectivity index (χ0) is 19.5. The van der Waals surface area contributed by atoms with E-state index in [0.29, 0.717) is 22.7 Å². The number of para-hydroxylation sites is 2. The summed E-state index contributed by atoms with van der Waals surface area (Å²) in [4.78, 5) is 27.1. The van der Waals surface area contributed by atoms with Gasteiger partial charge in [-0.25, -0.2) is 0 Å². The number of amides is 2. The third-order valence-electron chi connectivity index (χ3n) is 4.83. The molecule has 0 spiro atoms. The number of rotatable bonds is 3. The van der Waals surface area contributed by atoms with E-state index in [-0.39, 0.29) is 18.4 Å². The summed E-state index contributed by atoms with van der Waals surface area (Å²) in [6.07, 6.45) is -0.721. The molecular weight excluding hydrogens is 376 g/mol. The summed E-state index contributed by atoms with van der Waals surface area (Å²) in [5.41, 5.74) is 2.15. The maximum Gasteiger partial charge on any atom is 0.269 e. The first-order chi connectivity index (χ1) is 13.6. The van der Waals surface area contributed by atoms with Crippen molar-refractivity contribution in [1.29, 1.82) is 0 Å². The van der Waals surface area contributed by atoms with Crippen LogP contribution in [0.1, 0.15) is 15.9 Å². The fraction of sp³-hybridized carbons (Fsp3) is 0.333. The smallest absolute Gasteiger partial charge is 0.269 e. The molecule has 0 radical (unpaired) electrons. The van der Waals surface area contributed by atoms with E-state index in [0.717, 1.165) is 30.2 Å². The fourth-order valence-corrected chi connectivity index (χ4v) is 4.15. The van der Waals surface area contributed by atoms with Gasteiger partial charge in [0.1, 0.15) is 6.61 Å². The lowest BCUT2D eigenvalue weighted by Crippen LogP contribution is -2.40. The van der Waals surface area contributed by atoms with Gasteiger partial charge in [-0.05, 0) is 42.8 Å².